The minimum atomic E-state index is -0.613. The molecule has 152 valence electrons. The molecule has 1 atom stereocenters. The number of piperidine rings is 1. The minimum absolute atomic E-state index is 0.0516. The van der Waals surface area contributed by atoms with Gasteiger partial charge in [0.15, 0.2) is 0 Å². The molecule has 1 unspecified atom stereocenters. The average Bonchev–Trinajstić information content (AvgIpc) is 2.71. The summed E-state index contributed by atoms with van der Waals surface area (Å²) in [4.78, 5) is 28.0. The third kappa shape index (κ3) is 6.45. The van der Waals surface area contributed by atoms with Crippen LogP contribution in [0, 0.1) is 17.2 Å². The van der Waals surface area contributed by atoms with E-state index in [1.807, 2.05) is 19.9 Å². The summed E-state index contributed by atoms with van der Waals surface area (Å²) in [5.74, 6) is 0.422. The Morgan fingerprint density at radius 3 is 2.43 bits per heavy atom. The van der Waals surface area contributed by atoms with Gasteiger partial charge in [0.05, 0.1) is 6.07 Å². The van der Waals surface area contributed by atoms with E-state index in [-0.39, 0.29) is 24.4 Å². The Morgan fingerprint density at radius 1 is 1.25 bits per heavy atom. The third-order valence-electron chi connectivity index (χ3n) is 5.03. The van der Waals surface area contributed by atoms with Gasteiger partial charge in [-0.2, -0.15) is 5.26 Å². The zero-order valence-electron chi connectivity index (χ0n) is 16.9. The number of hydrogen-bond acceptors (Lipinski definition) is 4. The lowest BCUT2D eigenvalue weighted by Crippen LogP contribution is -2.53. The molecule has 2 rings (SSSR count). The van der Waals surface area contributed by atoms with E-state index in [1.54, 1.807) is 16.7 Å². The molecule has 0 aliphatic carbocycles. The number of amides is 3. The number of benzene rings is 1. The molecule has 1 fully saturated rings. The highest BCUT2D eigenvalue weighted by atomic mass is 32.2. The summed E-state index contributed by atoms with van der Waals surface area (Å²) in [5, 5.41) is 14.1. The second-order valence-electron chi connectivity index (χ2n) is 7.54. The number of nitrogens with zero attached hydrogens (tertiary/aromatic N) is 2. The van der Waals surface area contributed by atoms with Crippen LogP contribution in [0.3, 0.4) is 0 Å². The lowest BCUT2D eigenvalue weighted by molar-refractivity contribution is -0.123. The number of thioether (sulfide) groups is 1. The molecule has 1 aromatic carbocycles. The van der Waals surface area contributed by atoms with E-state index in [0.717, 1.165) is 12.8 Å². The highest BCUT2D eigenvalue weighted by Crippen LogP contribution is 2.29. The summed E-state index contributed by atoms with van der Waals surface area (Å²) < 4.78 is 0. The third-order valence-corrected chi connectivity index (χ3v) is 5.78. The summed E-state index contributed by atoms with van der Waals surface area (Å²) in [6.07, 6.45) is 4.45. The highest BCUT2D eigenvalue weighted by Gasteiger charge is 2.27. The Morgan fingerprint density at radius 2 is 1.89 bits per heavy atom. The topological polar surface area (TPSA) is 85.2 Å². The van der Waals surface area contributed by atoms with Crippen molar-refractivity contribution in [3.8, 4) is 6.07 Å². The molecule has 0 radical (unpaired) electrons. The number of carbonyl (C=O) groups excluding carboxylic acids is 2. The van der Waals surface area contributed by atoms with E-state index >= 15 is 0 Å². The van der Waals surface area contributed by atoms with E-state index in [4.69, 9.17) is 5.26 Å². The largest absolute Gasteiger partial charge is 0.341 e. The van der Waals surface area contributed by atoms with Crippen LogP contribution in [0.5, 0.6) is 0 Å². The van der Waals surface area contributed by atoms with E-state index in [9.17, 15) is 9.59 Å². The molecule has 0 saturated carbocycles. The van der Waals surface area contributed by atoms with Crippen LogP contribution < -0.4 is 10.6 Å². The van der Waals surface area contributed by atoms with Crippen molar-refractivity contribution in [2.45, 2.75) is 50.0 Å². The van der Waals surface area contributed by atoms with Crippen LogP contribution in [0.25, 0.3) is 0 Å². The molecule has 1 saturated heterocycles. The van der Waals surface area contributed by atoms with Gasteiger partial charge < -0.3 is 15.5 Å². The lowest BCUT2D eigenvalue weighted by atomic mass is 9.89. The van der Waals surface area contributed by atoms with Crippen molar-refractivity contribution in [2.24, 2.45) is 5.92 Å². The summed E-state index contributed by atoms with van der Waals surface area (Å²) in [6.45, 7) is 5.31. The van der Waals surface area contributed by atoms with E-state index in [1.165, 1.54) is 10.5 Å². The Labute approximate surface area is 172 Å². The molecule has 7 heteroatoms. The Hall–Kier alpha value is -2.20. The van der Waals surface area contributed by atoms with Crippen molar-refractivity contribution < 1.29 is 9.59 Å². The fourth-order valence-corrected chi connectivity index (χ4v) is 3.89. The quantitative estimate of drug-likeness (QED) is 0.541. The standard InChI is InChI=1S/C21H30N4O2S/c1-15(2)14-19(20(26)23-11-10-22)24-21(27)25-12-8-17(9-13-25)16-4-6-18(28-3)7-5-16/h4-7,15,17,19H,8-9,11-14H2,1-3H3,(H,23,26)(H,24,27). The van der Waals surface area contributed by atoms with Gasteiger partial charge in [-0.3, -0.25) is 4.79 Å². The van der Waals surface area contributed by atoms with Crippen molar-refractivity contribution in [1.29, 1.82) is 5.26 Å². The van der Waals surface area contributed by atoms with Gasteiger partial charge in [0.1, 0.15) is 12.6 Å². The zero-order valence-corrected chi connectivity index (χ0v) is 17.7. The number of nitrogens with one attached hydrogen (secondary N) is 2. The monoisotopic (exact) mass is 402 g/mol. The molecule has 1 aliphatic heterocycles. The fraction of sp³-hybridized carbons (Fsp3) is 0.571. The van der Waals surface area contributed by atoms with Gasteiger partial charge in [0.2, 0.25) is 5.91 Å². The Balaban J connectivity index is 1.89. The predicted octanol–water partition coefficient (Wildman–Crippen LogP) is 3.35. The summed E-state index contributed by atoms with van der Waals surface area (Å²) in [5.41, 5.74) is 1.33. The van der Waals surface area contributed by atoms with Crippen LogP contribution in [0.15, 0.2) is 29.2 Å². The lowest BCUT2D eigenvalue weighted by Gasteiger charge is -2.33. The maximum Gasteiger partial charge on any atom is 0.318 e. The molecule has 1 aliphatic rings. The van der Waals surface area contributed by atoms with E-state index in [0.29, 0.717) is 25.4 Å². The van der Waals surface area contributed by atoms with Gasteiger partial charge in [-0.05, 0) is 55.1 Å². The highest BCUT2D eigenvalue weighted by molar-refractivity contribution is 7.98. The molecule has 0 bridgehead atoms. The first-order valence-corrected chi connectivity index (χ1v) is 11.0. The second-order valence-corrected chi connectivity index (χ2v) is 8.42. The first-order chi connectivity index (χ1) is 13.4. The van der Waals surface area contributed by atoms with Crippen LogP contribution in [-0.4, -0.2) is 48.8 Å². The number of carbonyl (C=O) groups is 2. The fourth-order valence-electron chi connectivity index (χ4n) is 3.49. The number of rotatable bonds is 7. The molecule has 0 spiro atoms. The Bertz CT molecular complexity index is 691. The second kappa shape index (κ2) is 11.0. The summed E-state index contributed by atoms with van der Waals surface area (Å²) in [6, 6.07) is 9.75. The Kier molecular flexibility index (Phi) is 8.65. The van der Waals surface area contributed by atoms with Gasteiger partial charge in [0.25, 0.3) is 0 Å². The number of likely N-dealkylation sites (tertiary alicyclic amines) is 1. The molecule has 28 heavy (non-hydrogen) atoms. The summed E-state index contributed by atoms with van der Waals surface area (Å²) >= 11 is 1.73. The van der Waals surface area contributed by atoms with Crippen molar-refractivity contribution in [3.63, 3.8) is 0 Å². The van der Waals surface area contributed by atoms with Crippen LogP contribution in [0.1, 0.15) is 44.6 Å². The van der Waals surface area contributed by atoms with Crippen molar-refractivity contribution in [2.75, 3.05) is 25.9 Å². The maximum absolute atomic E-state index is 12.7. The smallest absolute Gasteiger partial charge is 0.318 e. The molecule has 1 aromatic rings. The molecule has 1 heterocycles. The maximum atomic E-state index is 12.7. The molecular formula is C21H30N4O2S. The molecule has 0 aromatic heterocycles. The molecular weight excluding hydrogens is 372 g/mol. The van der Waals surface area contributed by atoms with Gasteiger partial charge in [0, 0.05) is 18.0 Å². The van der Waals surface area contributed by atoms with Crippen molar-refractivity contribution in [3.05, 3.63) is 29.8 Å². The van der Waals surface area contributed by atoms with Gasteiger partial charge in [-0.1, -0.05) is 26.0 Å². The van der Waals surface area contributed by atoms with Crippen molar-refractivity contribution >= 4 is 23.7 Å². The van der Waals surface area contributed by atoms with Gasteiger partial charge >= 0.3 is 6.03 Å². The van der Waals surface area contributed by atoms with Gasteiger partial charge in [-0.15, -0.1) is 11.8 Å². The van der Waals surface area contributed by atoms with Gasteiger partial charge in [-0.25, -0.2) is 4.79 Å². The average molecular weight is 403 g/mol. The molecule has 2 N–H and O–H groups in total. The first-order valence-electron chi connectivity index (χ1n) is 9.78. The van der Waals surface area contributed by atoms with E-state index < -0.39 is 6.04 Å². The van der Waals surface area contributed by atoms with Crippen LogP contribution in [-0.2, 0) is 4.79 Å². The van der Waals surface area contributed by atoms with Crippen LogP contribution in [0.4, 0.5) is 4.79 Å². The SMILES string of the molecule is CSc1ccc(C2CCN(C(=O)NC(CC(C)C)C(=O)NCC#N)CC2)cc1. The van der Waals surface area contributed by atoms with Crippen LogP contribution in [0.2, 0.25) is 0 Å². The van der Waals surface area contributed by atoms with E-state index in [2.05, 4.69) is 41.2 Å². The predicted molar refractivity (Wildman–Crippen MR) is 112 cm³/mol. The molecule has 3 amide bonds. The number of urea groups is 1. The minimum Gasteiger partial charge on any atom is -0.341 e. The normalized spacial score (nSPS) is 15.8. The zero-order chi connectivity index (χ0) is 20.5. The summed E-state index contributed by atoms with van der Waals surface area (Å²) in [7, 11) is 0. The van der Waals surface area contributed by atoms with Crippen LogP contribution >= 0.6 is 11.8 Å². The molecule has 6 nitrogen and oxygen atoms in total. The van der Waals surface area contributed by atoms with Crippen molar-refractivity contribution in [1.82, 2.24) is 15.5 Å². The number of hydrogen-bond donors (Lipinski definition) is 2. The first kappa shape index (κ1) is 22.1. The number of nitriles is 1.